The third-order valence-electron chi connectivity index (χ3n) is 3.67. The molecule has 1 atom stereocenters. The Morgan fingerprint density at radius 3 is 2.86 bits per heavy atom. The molecule has 0 saturated heterocycles. The van der Waals surface area contributed by atoms with Crippen molar-refractivity contribution < 1.29 is 4.79 Å². The second-order valence-electron chi connectivity index (χ2n) is 5.20. The van der Waals surface area contributed by atoms with Gasteiger partial charge < -0.3 is 11.1 Å². The topological polar surface area (TPSA) is 68.0 Å². The second-order valence-corrected chi connectivity index (χ2v) is 7.57. The first-order chi connectivity index (χ1) is 10.0. The van der Waals surface area contributed by atoms with Crippen LogP contribution in [0.5, 0.6) is 0 Å². The first-order valence-corrected chi connectivity index (χ1v) is 8.82. The summed E-state index contributed by atoms with van der Waals surface area (Å²) in [5, 5.41) is 3.01. The van der Waals surface area contributed by atoms with Gasteiger partial charge in [-0.25, -0.2) is 4.98 Å². The fourth-order valence-electron chi connectivity index (χ4n) is 2.02. The zero-order valence-electron chi connectivity index (χ0n) is 12.4. The van der Waals surface area contributed by atoms with Crippen LogP contribution in [-0.4, -0.2) is 29.2 Å². The molecule has 1 aromatic heterocycles. The monoisotopic (exact) mass is 323 g/mol. The number of nitrogens with two attached hydrogens (primary N) is 1. The van der Waals surface area contributed by atoms with Crippen LogP contribution in [0.15, 0.2) is 28.6 Å². The minimum atomic E-state index is -0.597. The highest BCUT2D eigenvalue weighted by Gasteiger charge is 2.27. The number of para-hydroxylation sites is 1. The van der Waals surface area contributed by atoms with E-state index in [-0.39, 0.29) is 5.91 Å². The molecule has 1 heterocycles. The number of thioether (sulfide) groups is 1. The number of fused-ring (bicyclic) bond motifs is 1. The van der Waals surface area contributed by atoms with Gasteiger partial charge >= 0.3 is 0 Å². The zero-order chi connectivity index (χ0) is 15.3. The van der Waals surface area contributed by atoms with Crippen LogP contribution in [0.4, 0.5) is 0 Å². The van der Waals surface area contributed by atoms with Gasteiger partial charge in [0.2, 0.25) is 5.91 Å². The lowest BCUT2D eigenvalue weighted by molar-refractivity contribution is -0.123. The van der Waals surface area contributed by atoms with Crippen molar-refractivity contribution in [3.63, 3.8) is 0 Å². The Morgan fingerprint density at radius 2 is 2.19 bits per heavy atom. The van der Waals surface area contributed by atoms with Crippen LogP contribution in [0.25, 0.3) is 10.2 Å². The summed E-state index contributed by atoms with van der Waals surface area (Å²) >= 11 is 3.52. The van der Waals surface area contributed by atoms with Crippen LogP contribution in [0, 0.1) is 0 Å². The summed E-state index contributed by atoms with van der Waals surface area (Å²) in [6, 6.07) is 8.19. The van der Waals surface area contributed by atoms with E-state index in [9.17, 15) is 4.79 Å². The number of primary amides is 1. The number of thiazole rings is 1. The largest absolute Gasteiger partial charge is 0.368 e. The quantitative estimate of drug-likeness (QED) is 0.579. The number of aromatic nitrogens is 1. The molecule has 114 valence electrons. The van der Waals surface area contributed by atoms with E-state index in [4.69, 9.17) is 5.73 Å². The number of likely N-dealkylation sites (N-methyl/N-ethyl adjacent to an activating group) is 1. The Balaban J connectivity index is 1.76. The molecule has 6 heteroatoms. The lowest BCUT2D eigenvalue weighted by Gasteiger charge is -2.25. The van der Waals surface area contributed by atoms with Crippen LogP contribution in [0.3, 0.4) is 0 Å². The van der Waals surface area contributed by atoms with Gasteiger partial charge in [-0.05, 0) is 38.9 Å². The van der Waals surface area contributed by atoms with Gasteiger partial charge in [0, 0.05) is 5.75 Å². The molecule has 2 rings (SSSR count). The second kappa shape index (κ2) is 7.24. The maximum absolute atomic E-state index is 11.4. The van der Waals surface area contributed by atoms with E-state index in [1.54, 1.807) is 30.1 Å². The first kappa shape index (κ1) is 16.3. The third kappa shape index (κ3) is 4.18. The van der Waals surface area contributed by atoms with Crippen LogP contribution < -0.4 is 11.1 Å². The highest BCUT2D eigenvalue weighted by Crippen LogP contribution is 2.30. The summed E-state index contributed by atoms with van der Waals surface area (Å²) in [4.78, 5) is 16.0. The maximum Gasteiger partial charge on any atom is 0.237 e. The molecule has 3 N–H and O–H groups in total. The molecular formula is C15H21N3OS2. The number of carbonyl (C=O) groups is 1. The number of nitrogens with zero attached hydrogens (tertiary/aromatic N) is 1. The van der Waals surface area contributed by atoms with Crippen molar-refractivity contribution in [1.82, 2.24) is 10.3 Å². The number of hydrogen-bond acceptors (Lipinski definition) is 5. The van der Waals surface area contributed by atoms with Crippen molar-refractivity contribution in [3.05, 3.63) is 24.3 Å². The Labute approximate surface area is 133 Å². The fourth-order valence-corrected chi connectivity index (χ4v) is 4.16. The molecule has 0 spiro atoms. The average Bonchev–Trinajstić information content (AvgIpc) is 2.89. The van der Waals surface area contributed by atoms with Crippen LogP contribution in [0.1, 0.15) is 26.2 Å². The highest BCUT2D eigenvalue weighted by molar-refractivity contribution is 8.01. The molecule has 21 heavy (non-hydrogen) atoms. The van der Waals surface area contributed by atoms with Crippen molar-refractivity contribution in [2.45, 2.75) is 36.1 Å². The Kier molecular flexibility index (Phi) is 5.61. The predicted molar refractivity (Wildman–Crippen MR) is 90.9 cm³/mol. The van der Waals surface area contributed by atoms with E-state index >= 15 is 0 Å². The van der Waals surface area contributed by atoms with Gasteiger partial charge in [0.15, 0.2) is 4.34 Å². The number of hydrogen-bond donors (Lipinski definition) is 2. The number of benzene rings is 1. The molecular weight excluding hydrogens is 302 g/mol. The van der Waals surface area contributed by atoms with E-state index in [1.807, 2.05) is 25.1 Å². The van der Waals surface area contributed by atoms with Crippen LogP contribution >= 0.6 is 23.1 Å². The molecule has 1 amide bonds. The molecule has 0 fully saturated rings. The molecule has 0 aliphatic heterocycles. The average molecular weight is 323 g/mol. The van der Waals surface area contributed by atoms with E-state index < -0.39 is 5.54 Å². The van der Waals surface area contributed by atoms with Gasteiger partial charge in [-0.15, -0.1) is 11.3 Å². The summed E-state index contributed by atoms with van der Waals surface area (Å²) in [6.45, 7) is 1.86. The third-order valence-corrected chi connectivity index (χ3v) is 5.93. The zero-order valence-corrected chi connectivity index (χ0v) is 14.0. The molecule has 1 unspecified atom stereocenters. The first-order valence-electron chi connectivity index (χ1n) is 7.02. The van der Waals surface area contributed by atoms with Crippen LogP contribution in [-0.2, 0) is 4.79 Å². The molecule has 0 aliphatic rings. The minimum Gasteiger partial charge on any atom is -0.368 e. The summed E-state index contributed by atoms with van der Waals surface area (Å²) in [5.74, 6) is 0.724. The Hall–Kier alpha value is -1.11. The Morgan fingerprint density at radius 1 is 1.43 bits per heavy atom. The van der Waals surface area contributed by atoms with Gasteiger partial charge in [0.1, 0.15) is 0 Å². The fraction of sp³-hybridized carbons (Fsp3) is 0.467. The van der Waals surface area contributed by atoms with Gasteiger partial charge in [0.05, 0.1) is 15.8 Å². The van der Waals surface area contributed by atoms with Gasteiger partial charge in [-0.2, -0.15) is 0 Å². The number of unbranched alkanes of at least 4 members (excludes halogenated alkanes) is 1. The van der Waals surface area contributed by atoms with E-state index in [0.717, 1.165) is 34.9 Å². The lowest BCUT2D eigenvalue weighted by atomic mass is 9.94. The number of rotatable bonds is 8. The van der Waals surface area contributed by atoms with Gasteiger partial charge in [0.25, 0.3) is 0 Å². The van der Waals surface area contributed by atoms with Crippen molar-refractivity contribution in [2.75, 3.05) is 12.8 Å². The minimum absolute atomic E-state index is 0.288. The normalized spacial score (nSPS) is 14.2. The number of nitrogens with one attached hydrogen (secondary N) is 1. The molecule has 1 aromatic carbocycles. The molecule has 2 aromatic rings. The number of carbonyl (C=O) groups excluding carboxylic acids is 1. The summed E-state index contributed by atoms with van der Waals surface area (Å²) in [7, 11) is 1.78. The van der Waals surface area contributed by atoms with Crippen molar-refractivity contribution >= 4 is 39.2 Å². The summed E-state index contributed by atoms with van der Waals surface area (Å²) in [5.41, 5.74) is 5.89. The predicted octanol–water partition coefficient (Wildman–Crippen LogP) is 3.02. The van der Waals surface area contributed by atoms with Crippen molar-refractivity contribution in [3.8, 4) is 0 Å². The molecule has 0 aliphatic carbocycles. The standard InChI is InChI=1S/C15H21N3OS2/c1-15(17-2,13(16)19)9-5-6-10-20-14-18-11-7-3-4-8-12(11)21-14/h3-4,7-8,17H,5-6,9-10H2,1-2H3,(H2,16,19). The maximum atomic E-state index is 11.4. The SMILES string of the molecule is CNC(C)(CCCCSc1nc2ccccc2s1)C(N)=O. The number of amides is 1. The van der Waals surface area contributed by atoms with E-state index in [1.165, 1.54) is 4.70 Å². The molecule has 0 radical (unpaired) electrons. The van der Waals surface area contributed by atoms with Crippen molar-refractivity contribution in [2.24, 2.45) is 5.73 Å². The van der Waals surface area contributed by atoms with E-state index in [2.05, 4.69) is 16.4 Å². The summed E-state index contributed by atoms with van der Waals surface area (Å²) < 4.78 is 2.35. The molecule has 0 saturated carbocycles. The smallest absolute Gasteiger partial charge is 0.237 e. The Bertz CT molecular complexity index is 581. The summed E-state index contributed by atoms with van der Waals surface area (Å²) in [6.07, 6.45) is 2.78. The van der Waals surface area contributed by atoms with E-state index in [0.29, 0.717) is 0 Å². The lowest BCUT2D eigenvalue weighted by Crippen LogP contribution is -2.51. The van der Waals surface area contributed by atoms with Crippen molar-refractivity contribution in [1.29, 1.82) is 0 Å². The van der Waals surface area contributed by atoms with Gasteiger partial charge in [-0.1, -0.05) is 30.3 Å². The molecule has 4 nitrogen and oxygen atoms in total. The molecule has 0 bridgehead atoms. The highest BCUT2D eigenvalue weighted by atomic mass is 32.2. The van der Waals surface area contributed by atoms with Gasteiger partial charge in [-0.3, -0.25) is 4.79 Å². The van der Waals surface area contributed by atoms with Crippen LogP contribution in [0.2, 0.25) is 0 Å².